The van der Waals surface area contributed by atoms with Crippen LogP contribution in [0.2, 0.25) is 0 Å². The van der Waals surface area contributed by atoms with Gasteiger partial charge < -0.3 is 10.6 Å². The zero-order valence-electron chi connectivity index (χ0n) is 19.6. The molecule has 0 spiro atoms. The van der Waals surface area contributed by atoms with Crippen molar-refractivity contribution in [3.8, 4) is 0 Å². The first-order valence-electron chi connectivity index (χ1n) is 10.5. The highest BCUT2D eigenvalue weighted by Crippen LogP contribution is 2.40. The van der Waals surface area contributed by atoms with Crippen molar-refractivity contribution in [3.63, 3.8) is 0 Å². The predicted octanol–water partition coefficient (Wildman–Crippen LogP) is 2.69. The second-order valence-corrected chi connectivity index (χ2v) is 10.1. The summed E-state index contributed by atoms with van der Waals surface area (Å²) in [5.74, 6) is -13.0. The van der Waals surface area contributed by atoms with Gasteiger partial charge in [-0.3, -0.25) is 23.6 Å². The van der Waals surface area contributed by atoms with Gasteiger partial charge in [0.15, 0.2) is 0 Å². The molecule has 3 amide bonds. The minimum Gasteiger partial charge on any atom is -0.349 e. The first kappa shape index (κ1) is 32.8. The number of carbonyl (C=O) groups excluding carboxylic acids is 3. The molecule has 0 saturated heterocycles. The van der Waals surface area contributed by atoms with E-state index in [-0.39, 0.29) is 4.90 Å². The summed E-state index contributed by atoms with van der Waals surface area (Å²) in [5, 5.41) is 2.69. The van der Waals surface area contributed by atoms with Gasteiger partial charge in [-0.15, -0.1) is 0 Å². The lowest BCUT2D eigenvalue weighted by atomic mass is 10.1. The van der Waals surface area contributed by atoms with Crippen molar-refractivity contribution in [2.45, 2.75) is 36.7 Å². The van der Waals surface area contributed by atoms with Gasteiger partial charge in [-0.25, -0.2) is 0 Å². The Kier molecular flexibility index (Phi) is 8.93. The van der Waals surface area contributed by atoms with Crippen LogP contribution < -0.4 is 19.8 Å². The molecule has 0 aromatic heterocycles. The number of amides is 3. The first-order chi connectivity index (χ1) is 17.9. The van der Waals surface area contributed by atoms with Gasteiger partial charge in [0.25, 0.3) is 5.91 Å². The lowest BCUT2D eigenvalue weighted by Crippen LogP contribution is -2.57. The monoisotopic (exact) mass is 622 g/mol. The first-order valence-corrected chi connectivity index (χ1v) is 11.9. The Bertz CT molecular complexity index is 1250. The van der Waals surface area contributed by atoms with Gasteiger partial charge in [0.2, 0.25) is 11.8 Å². The average Bonchev–Trinajstić information content (AvgIpc) is 2.90. The second-order valence-electron chi connectivity index (χ2n) is 8.21. The van der Waals surface area contributed by atoms with Crippen molar-refractivity contribution in [1.29, 1.82) is 0 Å². The number of rotatable bonds is 7. The maximum Gasteiger partial charge on any atom is 0.516 e. The molecule has 0 aliphatic carbocycles. The molecule has 0 bridgehead atoms. The van der Waals surface area contributed by atoms with Crippen LogP contribution in [0.3, 0.4) is 0 Å². The highest BCUT2D eigenvalue weighted by atomic mass is 32.2. The number of fused-ring (bicyclic) bond motifs is 1. The Morgan fingerprint density at radius 1 is 0.950 bits per heavy atom. The minimum atomic E-state index is -6.42. The number of hydrogen-bond donors (Lipinski definition) is 2. The van der Waals surface area contributed by atoms with Crippen LogP contribution in [-0.4, -0.2) is 75.6 Å². The number of carbonyl (C=O) groups is 3. The fourth-order valence-corrected chi connectivity index (χ4v) is 4.23. The average molecular weight is 622 g/mol. The molecule has 1 aromatic rings. The number of para-hydroxylation sites is 2. The molecular weight excluding hydrogens is 605 g/mol. The number of benzene rings is 1. The number of nitrogens with one attached hydrogen (secondary N) is 2. The third-order valence-corrected chi connectivity index (χ3v) is 6.79. The Labute approximate surface area is 217 Å². The van der Waals surface area contributed by atoms with Crippen LogP contribution in [0.5, 0.6) is 0 Å². The van der Waals surface area contributed by atoms with E-state index in [4.69, 9.17) is 0 Å². The molecule has 2 atom stereocenters. The summed E-state index contributed by atoms with van der Waals surface area (Å²) in [4.78, 5) is 37.3. The molecular formula is C19H17F11N4O5S. The van der Waals surface area contributed by atoms with Crippen LogP contribution in [0, 0.1) is 5.92 Å². The van der Waals surface area contributed by atoms with Gasteiger partial charge in [0, 0.05) is 0 Å². The third kappa shape index (κ3) is 7.02. The van der Waals surface area contributed by atoms with E-state index in [0.717, 1.165) is 17.4 Å². The van der Waals surface area contributed by atoms with Crippen LogP contribution >= 0.6 is 0 Å². The standard InChI is InChI=1S/C19H17F11N4O5S/c1-9(13(35)31-7-16(20,21)18(25,26)27)14(36)32-10-6-34(40(38,39)19(28,29)30)12-5-3-2-4-11(12)33(15(10)37)8-17(22,23)24/h2-5,9-10H,6-8H2,1H3,(H,31,35)(H,32,36). The number of sulfonamides is 1. The van der Waals surface area contributed by atoms with Crippen molar-refractivity contribution in [2.75, 3.05) is 28.8 Å². The molecule has 2 unspecified atom stereocenters. The van der Waals surface area contributed by atoms with Gasteiger partial charge in [0.1, 0.15) is 18.5 Å². The molecule has 40 heavy (non-hydrogen) atoms. The Balaban J connectivity index is 2.46. The van der Waals surface area contributed by atoms with Gasteiger partial charge in [0.05, 0.1) is 24.5 Å². The van der Waals surface area contributed by atoms with E-state index >= 15 is 0 Å². The number of nitrogens with zero attached hydrogens (tertiary/aromatic N) is 2. The highest BCUT2D eigenvalue weighted by molar-refractivity contribution is 7.93. The maximum absolute atomic E-state index is 13.4. The van der Waals surface area contributed by atoms with E-state index in [1.165, 1.54) is 0 Å². The summed E-state index contributed by atoms with van der Waals surface area (Å²) in [6.45, 7) is -5.54. The molecule has 226 valence electrons. The van der Waals surface area contributed by atoms with E-state index in [1.807, 2.05) is 0 Å². The molecule has 1 aliphatic heterocycles. The second kappa shape index (κ2) is 10.9. The van der Waals surface area contributed by atoms with Crippen molar-refractivity contribution in [1.82, 2.24) is 10.6 Å². The van der Waals surface area contributed by atoms with Crippen molar-refractivity contribution < 1.29 is 71.1 Å². The summed E-state index contributed by atoms with van der Waals surface area (Å²) >= 11 is 0. The van der Waals surface area contributed by atoms with Gasteiger partial charge in [-0.05, 0) is 19.1 Å². The molecule has 0 fully saturated rings. The normalized spacial score (nSPS) is 18.1. The number of halogens is 11. The molecule has 1 aliphatic rings. The van der Waals surface area contributed by atoms with Crippen LogP contribution in [0.1, 0.15) is 6.92 Å². The Morgan fingerprint density at radius 3 is 1.95 bits per heavy atom. The zero-order valence-corrected chi connectivity index (χ0v) is 20.4. The third-order valence-electron chi connectivity index (χ3n) is 5.28. The van der Waals surface area contributed by atoms with E-state index in [2.05, 4.69) is 0 Å². The maximum atomic E-state index is 13.4. The molecule has 21 heteroatoms. The van der Waals surface area contributed by atoms with Crippen molar-refractivity contribution in [2.24, 2.45) is 5.92 Å². The topological polar surface area (TPSA) is 116 Å². The van der Waals surface area contributed by atoms with Crippen molar-refractivity contribution >= 4 is 39.1 Å². The molecule has 2 rings (SSSR count). The highest BCUT2D eigenvalue weighted by Gasteiger charge is 2.57. The van der Waals surface area contributed by atoms with E-state index in [0.29, 0.717) is 19.1 Å². The van der Waals surface area contributed by atoms with Crippen LogP contribution in [0.25, 0.3) is 0 Å². The fourth-order valence-electron chi connectivity index (χ4n) is 3.22. The summed E-state index contributed by atoms with van der Waals surface area (Å²) in [6.07, 6.45) is -11.3. The van der Waals surface area contributed by atoms with Gasteiger partial charge in [-0.1, -0.05) is 12.1 Å². The lowest BCUT2D eigenvalue weighted by Gasteiger charge is -2.27. The summed E-state index contributed by atoms with van der Waals surface area (Å²) in [5.41, 5.74) is -8.03. The fraction of sp³-hybridized carbons (Fsp3) is 0.526. The largest absolute Gasteiger partial charge is 0.516 e. The summed E-state index contributed by atoms with van der Waals surface area (Å²) < 4.78 is 167. The van der Waals surface area contributed by atoms with E-state index in [9.17, 15) is 71.1 Å². The zero-order chi connectivity index (χ0) is 31.1. The van der Waals surface area contributed by atoms with Crippen LogP contribution in [0.4, 0.5) is 59.7 Å². The number of anilines is 2. The van der Waals surface area contributed by atoms with Gasteiger partial charge >= 0.3 is 33.8 Å². The summed E-state index contributed by atoms with van der Waals surface area (Å²) in [7, 11) is -6.42. The smallest absolute Gasteiger partial charge is 0.349 e. The molecule has 0 radical (unpaired) electrons. The van der Waals surface area contributed by atoms with E-state index in [1.54, 1.807) is 5.32 Å². The predicted molar refractivity (Wildman–Crippen MR) is 112 cm³/mol. The van der Waals surface area contributed by atoms with Crippen molar-refractivity contribution in [3.05, 3.63) is 24.3 Å². The van der Waals surface area contributed by atoms with Crippen LogP contribution in [0.15, 0.2) is 24.3 Å². The number of alkyl halides is 11. The quantitative estimate of drug-likeness (QED) is 0.359. The molecule has 1 aromatic carbocycles. The lowest BCUT2D eigenvalue weighted by molar-refractivity contribution is -0.278. The molecule has 9 nitrogen and oxygen atoms in total. The molecule has 2 N–H and O–H groups in total. The van der Waals surface area contributed by atoms with Gasteiger partial charge in [-0.2, -0.15) is 56.7 Å². The Hall–Kier alpha value is -3.39. The summed E-state index contributed by atoms with van der Waals surface area (Å²) in [6, 6.07) is 0.729. The van der Waals surface area contributed by atoms with E-state index < -0.39 is 98.8 Å². The number of hydrogen-bond acceptors (Lipinski definition) is 5. The molecule has 0 saturated carbocycles. The SMILES string of the molecule is CC(C(=O)NCC(F)(F)C(F)(F)F)C(=O)NC1CN(S(=O)(=O)C(F)(F)F)c2ccccc2N(CC(F)(F)F)C1=O. The Morgan fingerprint density at radius 2 is 1.48 bits per heavy atom. The van der Waals surface area contributed by atoms with Crippen LogP contribution in [-0.2, 0) is 24.4 Å². The minimum absolute atomic E-state index is 0.166. The molecule has 1 heterocycles.